The second kappa shape index (κ2) is 12.9. The number of sulfonamides is 1. The van der Waals surface area contributed by atoms with E-state index in [4.69, 9.17) is 9.47 Å². The van der Waals surface area contributed by atoms with Crippen LogP contribution in [0, 0.1) is 0 Å². The van der Waals surface area contributed by atoms with E-state index in [0.717, 1.165) is 22.3 Å². The van der Waals surface area contributed by atoms with Gasteiger partial charge in [0.05, 0.1) is 37.6 Å². The number of benzene rings is 3. The number of hydrogen-bond donors (Lipinski definition) is 3. The number of nitrogens with zero attached hydrogens (tertiary/aromatic N) is 1. The molecule has 0 heterocycles. The Kier molecular flexibility index (Phi) is 9.69. The van der Waals surface area contributed by atoms with Crippen molar-refractivity contribution in [3.8, 4) is 22.6 Å². The Morgan fingerprint density at radius 2 is 1.63 bits per heavy atom. The number of hydrogen-bond acceptors (Lipinski definition) is 7. The zero-order valence-electron chi connectivity index (χ0n) is 21.0. The molecule has 0 aliphatic heterocycles. The predicted octanol–water partition coefficient (Wildman–Crippen LogP) is 3.53. The van der Waals surface area contributed by atoms with Crippen LogP contribution < -0.4 is 14.2 Å². The Bertz CT molecular complexity index is 1350. The second-order valence-corrected chi connectivity index (χ2v) is 10.1. The Hall–Kier alpha value is -4.09. The van der Waals surface area contributed by atoms with Crippen LogP contribution >= 0.6 is 0 Å². The minimum Gasteiger partial charge on any atom is -0.493 e. The average Bonchev–Trinajstić information content (AvgIpc) is 2.88. The average molecular weight is 543 g/mol. The van der Waals surface area contributed by atoms with Crippen molar-refractivity contribution < 1.29 is 37.7 Å². The Labute approximate surface area is 221 Å². The Morgan fingerprint density at radius 1 is 0.974 bits per heavy atom. The van der Waals surface area contributed by atoms with E-state index in [0.29, 0.717) is 11.3 Å². The minimum atomic E-state index is -3.72. The molecule has 0 radical (unpaired) electrons. The van der Waals surface area contributed by atoms with Crippen molar-refractivity contribution in [1.82, 2.24) is 9.62 Å². The van der Waals surface area contributed by atoms with Crippen molar-refractivity contribution in [2.75, 3.05) is 32.6 Å². The van der Waals surface area contributed by atoms with Gasteiger partial charge in [-0.2, -0.15) is 0 Å². The van der Waals surface area contributed by atoms with Gasteiger partial charge in [-0.15, -0.1) is 0 Å². The quantitative estimate of drug-likeness (QED) is 0.316. The summed E-state index contributed by atoms with van der Waals surface area (Å²) in [6, 6.07) is 20.7. The molecule has 3 aromatic rings. The number of rotatable bonds is 12. The van der Waals surface area contributed by atoms with E-state index in [-0.39, 0.29) is 37.6 Å². The molecule has 0 bridgehead atoms. The van der Waals surface area contributed by atoms with Gasteiger partial charge in [-0.25, -0.2) is 17.9 Å². The van der Waals surface area contributed by atoms with Crippen molar-refractivity contribution in [3.05, 3.63) is 83.9 Å². The number of aliphatic hydroxyl groups excluding tert-OH is 1. The van der Waals surface area contributed by atoms with Crippen LogP contribution in [0.2, 0.25) is 0 Å². The molecule has 0 aliphatic rings. The minimum absolute atomic E-state index is 0.0652. The van der Waals surface area contributed by atoms with Crippen LogP contribution in [-0.4, -0.2) is 68.1 Å². The maximum Gasteiger partial charge on any atom is 0.407 e. The molecular formula is C27H30N2O8S. The van der Waals surface area contributed by atoms with Gasteiger partial charge in [-0.1, -0.05) is 48.5 Å². The summed E-state index contributed by atoms with van der Waals surface area (Å²) in [5, 5.41) is 19.8. The Morgan fingerprint density at radius 3 is 2.24 bits per heavy atom. The summed E-state index contributed by atoms with van der Waals surface area (Å²) < 4.78 is 36.1. The maximum atomic E-state index is 12.3. The second-order valence-electron chi connectivity index (χ2n) is 8.38. The van der Waals surface area contributed by atoms with E-state index >= 15 is 0 Å². The third-order valence-corrected chi connectivity index (χ3v) is 6.03. The van der Waals surface area contributed by atoms with Crippen molar-refractivity contribution in [3.63, 3.8) is 0 Å². The molecule has 0 unspecified atom stereocenters. The fraction of sp³-hybridized carbons (Fsp3) is 0.259. The highest BCUT2D eigenvalue weighted by Crippen LogP contribution is 2.29. The summed E-state index contributed by atoms with van der Waals surface area (Å²) in [6.45, 7) is 2.11. The first kappa shape index (κ1) is 28.5. The summed E-state index contributed by atoms with van der Waals surface area (Å²) in [6.07, 6.45) is -1.20. The lowest BCUT2D eigenvalue weighted by atomic mass is 10.0. The number of amides is 2. The van der Waals surface area contributed by atoms with Gasteiger partial charge in [-0.05, 0) is 47.9 Å². The summed E-state index contributed by atoms with van der Waals surface area (Å²) in [5.74, 6) is -0.00672. The summed E-state index contributed by atoms with van der Waals surface area (Å²) in [5.41, 5.74) is 2.27. The first-order chi connectivity index (χ1) is 18.1. The number of aliphatic hydroxyl groups is 1. The molecule has 0 fully saturated rings. The van der Waals surface area contributed by atoms with E-state index in [1.165, 1.54) is 6.07 Å². The third kappa shape index (κ3) is 8.22. The van der Waals surface area contributed by atoms with E-state index in [2.05, 4.69) is 0 Å². The topological polar surface area (TPSA) is 142 Å². The molecule has 0 spiro atoms. The molecule has 0 aliphatic carbocycles. The predicted molar refractivity (Wildman–Crippen MR) is 142 cm³/mol. The molecule has 202 valence electrons. The van der Waals surface area contributed by atoms with Crippen molar-refractivity contribution in [2.24, 2.45) is 0 Å². The highest BCUT2D eigenvalue weighted by molar-refractivity contribution is 7.89. The molecule has 10 nitrogen and oxygen atoms in total. The number of carbonyl (C=O) groups is 2. The van der Waals surface area contributed by atoms with Gasteiger partial charge in [0.1, 0.15) is 18.1 Å². The molecular weight excluding hydrogens is 512 g/mol. The fourth-order valence-corrected chi connectivity index (χ4v) is 4.11. The Balaban J connectivity index is 1.63. The summed E-state index contributed by atoms with van der Waals surface area (Å²) >= 11 is 0. The monoisotopic (exact) mass is 542 g/mol. The lowest BCUT2D eigenvalue weighted by Crippen LogP contribution is -2.36. The third-order valence-electron chi connectivity index (χ3n) is 5.47. The zero-order valence-corrected chi connectivity index (χ0v) is 21.8. The normalized spacial score (nSPS) is 11.9. The maximum absolute atomic E-state index is 12.3. The van der Waals surface area contributed by atoms with Crippen LogP contribution in [0.25, 0.3) is 11.1 Å². The van der Waals surface area contributed by atoms with E-state index in [9.17, 15) is 28.2 Å². The van der Waals surface area contributed by atoms with Crippen molar-refractivity contribution in [2.45, 2.75) is 13.0 Å². The van der Waals surface area contributed by atoms with E-state index < -0.39 is 28.1 Å². The first-order valence-corrected chi connectivity index (χ1v) is 13.7. The molecule has 11 heteroatoms. The van der Waals surface area contributed by atoms with E-state index in [1.807, 2.05) is 10.8 Å². The fourth-order valence-electron chi connectivity index (χ4n) is 3.66. The van der Waals surface area contributed by atoms with Crippen molar-refractivity contribution in [1.29, 1.82) is 0 Å². The van der Waals surface area contributed by atoms with Gasteiger partial charge in [0.25, 0.3) is 5.91 Å². The van der Waals surface area contributed by atoms with Crippen molar-refractivity contribution >= 4 is 22.0 Å². The zero-order chi connectivity index (χ0) is 27.7. The molecule has 38 heavy (non-hydrogen) atoms. The van der Waals surface area contributed by atoms with Gasteiger partial charge >= 0.3 is 6.09 Å². The summed E-state index contributed by atoms with van der Waals surface area (Å²) in [7, 11) is -3.72. The molecule has 0 aromatic heterocycles. The van der Waals surface area contributed by atoms with Crippen LogP contribution in [0.1, 0.15) is 28.9 Å². The van der Waals surface area contributed by atoms with Crippen LogP contribution in [0.4, 0.5) is 4.79 Å². The van der Waals surface area contributed by atoms with Gasteiger partial charge in [0, 0.05) is 0 Å². The SMILES string of the molecule is CCOc1cc(-c2ccc(OCCN(C[C@@H](O)c3ccccc3)C(=O)O)cc2)ccc1C(=O)NS(C)(=O)=O. The number of ether oxygens (including phenoxy) is 2. The van der Waals surface area contributed by atoms with Gasteiger partial charge in [0.2, 0.25) is 10.0 Å². The highest BCUT2D eigenvalue weighted by Gasteiger charge is 2.19. The van der Waals surface area contributed by atoms with Gasteiger partial charge in [-0.3, -0.25) is 4.79 Å². The molecule has 2 amide bonds. The highest BCUT2D eigenvalue weighted by atomic mass is 32.2. The molecule has 0 saturated carbocycles. The van der Waals surface area contributed by atoms with Gasteiger partial charge in [0.15, 0.2) is 0 Å². The smallest absolute Gasteiger partial charge is 0.407 e. The van der Waals surface area contributed by atoms with Crippen LogP contribution in [0.5, 0.6) is 11.5 Å². The first-order valence-electron chi connectivity index (χ1n) is 11.8. The van der Waals surface area contributed by atoms with Crippen LogP contribution in [0.15, 0.2) is 72.8 Å². The number of nitrogens with one attached hydrogen (secondary N) is 1. The van der Waals surface area contributed by atoms with Crippen LogP contribution in [-0.2, 0) is 10.0 Å². The number of carboxylic acid groups (broad SMARTS) is 1. The standard InChI is InChI=1S/C27H30N2O8S/c1-3-36-25-17-21(11-14-23(25)26(31)28-38(2,34)35)19-9-12-22(13-10-19)37-16-15-29(27(32)33)18-24(30)20-7-5-4-6-8-20/h4-14,17,24,30H,3,15-16,18H2,1-2H3,(H,28,31)(H,32,33)/t24-/m1/s1. The molecule has 3 N–H and O–H groups in total. The lowest BCUT2D eigenvalue weighted by Gasteiger charge is -2.22. The van der Waals surface area contributed by atoms with Crippen LogP contribution in [0.3, 0.4) is 0 Å². The largest absolute Gasteiger partial charge is 0.493 e. The lowest BCUT2D eigenvalue weighted by molar-refractivity contribution is 0.0894. The summed E-state index contributed by atoms with van der Waals surface area (Å²) in [4.78, 5) is 25.0. The number of carbonyl (C=O) groups excluding carboxylic acids is 1. The molecule has 1 atom stereocenters. The van der Waals surface area contributed by atoms with E-state index in [1.54, 1.807) is 67.6 Å². The van der Waals surface area contributed by atoms with Gasteiger partial charge < -0.3 is 24.6 Å². The molecule has 3 aromatic carbocycles. The molecule has 0 saturated heterocycles. The molecule has 3 rings (SSSR count).